The fourth-order valence-corrected chi connectivity index (χ4v) is 3.80. The Kier molecular flexibility index (Phi) is 6.01. The maximum Gasteiger partial charge on any atom is 0.336 e. The molecule has 3 aromatic carbocycles. The highest BCUT2D eigenvalue weighted by molar-refractivity contribution is 6.30. The molecule has 0 atom stereocenters. The predicted molar refractivity (Wildman–Crippen MR) is 123 cm³/mol. The summed E-state index contributed by atoms with van der Waals surface area (Å²) in [5.41, 5.74) is 5.11. The normalized spacial score (nSPS) is 10.9. The van der Waals surface area contributed by atoms with Crippen LogP contribution in [0.1, 0.15) is 27.2 Å². The van der Waals surface area contributed by atoms with Crippen LogP contribution in [0, 0.1) is 19.7 Å². The lowest BCUT2D eigenvalue weighted by Gasteiger charge is -2.17. The molecule has 4 rings (SSSR count). The molecular formula is C26H21ClFNO3. The van der Waals surface area contributed by atoms with Crippen LogP contribution in [-0.2, 0) is 6.61 Å². The van der Waals surface area contributed by atoms with Gasteiger partial charge in [-0.2, -0.15) is 0 Å². The van der Waals surface area contributed by atoms with Crippen LogP contribution in [0.25, 0.3) is 16.9 Å². The van der Waals surface area contributed by atoms with Gasteiger partial charge in [0, 0.05) is 22.0 Å². The van der Waals surface area contributed by atoms with Gasteiger partial charge in [0.2, 0.25) is 0 Å². The summed E-state index contributed by atoms with van der Waals surface area (Å²) >= 11 is 6.24. The number of hydrogen-bond donors (Lipinski definition) is 1. The molecule has 4 aromatic rings. The van der Waals surface area contributed by atoms with Crippen molar-refractivity contribution < 1.29 is 19.0 Å². The fourth-order valence-electron chi connectivity index (χ4n) is 3.64. The monoisotopic (exact) mass is 449 g/mol. The molecule has 0 fully saturated rings. The van der Waals surface area contributed by atoms with E-state index in [1.807, 2.05) is 35.8 Å². The highest BCUT2D eigenvalue weighted by atomic mass is 35.5. The van der Waals surface area contributed by atoms with E-state index in [9.17, 15) is 14.3 Å². The molecule has 4 nitrogen and oxygen atoms in total. The third-order valence-corrected chi connectivity index (χ3v) is 5.55. The number of carbonyl (C=O) groups is 1. The first-order chi connectivity index (χ1) is 15.3. The molecule has 1 heterocycles. The average Bonchev–Trinajstić information content (AvgIpc) is 3.14. The summed E-state index contributed by atoms with van der Waals surface area (Å²) in [5, 5.41) is 10.1. The number of aromatic nitrogens is 1. The first-order valence-corrected chi connectivity index (χ1v) is 10.4. The summed E-state index contributed by atoms with van der Waals surface area (Å²) in [6.07, 6.45) is 0. The number of rotatable bonds is 6. The number of aryl methyl sites for hydroxylation is 2. The van der Waals surface area contributed by atoms with Crippen LogP contribution >= 0.6 is 11.6 Å². The Labute approximate surface area is 190 Å². The second-order valence-corrected chi connectivity index (χ2v) is 7.99. The van der Waals surface area contributed by atoms with Gasteiger partial charge in [-0.3, -0.25) is 0 Å². The molecule has 0 amide bonds. The molecule has 1 N–H and O–H groups in total. The molecule has 32 heavy (non-hydrogen) atoms. The summed E-state index contributed by atoms with van der Waals surface area (Å²) < 4.78 is 21.3. The van der Waals surface area contributed by atoms with E-state index < -0.39 is 5.97 Å². The van der Waals surface area contributed by atoms with Crippen molar-refractivity contribution >= 4 is 17.6 Å². The van der Waals surface area contributed by atoms with Gasteiger partial charge in [-0.05, 0) is 79.6 Å². The molecule has 0 radical (unpaired) electrons. The first kappa shape index (κ1) is 21.7. The quantitative estimate of drug-likeness (QED) is 0.351. The zero-order valence-corrected chi connectivity index (χ0v) is 18.4. The minimum Gasteiger partial charge on any atom is -0.488 e. The van der Waals surface area contributed by atoms with Crippen molar-refractivity contribution in [3.63, 3.8) is 0 Å². The van der Waals surface area contributed by atoms with Crippen molar-refractivity contribution in [1.82, 2.24) is 4.57 Å². The van der Waals surface area contributed by atoms with Crippen molar-refractivity contribution in [2.24, 2.45) is 0 Å². The lowest BCUT2D eigenvalue weighted by Crippen LogP contribution is -2.05. The lowest BCUT2D eigenvalue weighted by molar-refractivity contribution is 0.0696. The number of hydrogen-bond acceptors (Lipinski definition) is 2. The van der Waals surface area contributed by atoms with E-state index in [1.165, 1.54) is 12.1 Å². The van der Waals surface area contributed by atoms with Gasteiger partial charge in [-0.1, -0.05) is 29.8 Å². The van der Waals surface area contributed by atoms with Crippen molar-refractivity contribution in [3.05, 3.63) is 106 Å². The second-order valence-electron chi connectivity index (χ2n) is 7.56. The van der Waals surface area contributed by atoms with Crippen LogP contribution in [0.2, 0.25) is 5.02 Å². The Morgan fingerprint density at radius 3 is 2.47 bits per heavy atom. The van der Waals surface area contributed by atoms with Gasteiger partial charge in [-0.15, -0.1) is 0 Å². The number of carboxylic acids is 1. The van der Waals surface area contributed by atoms with Crippen LogP contribution in [0.15, 0.2) is 72.8 Å². The molecule has 0 spiro atoms. The maximum atomic E-state index is 13.2. The van der Waals surface area contributed by atoms with E-state index in [1.54, 1.807) is 43.3 Å². The Bertz CT molecular complexity index is 1300. The molecule has 1 aromatic heterocycles. The zero-order chi connectivity index (χ0) is 22.8. The van der Waals surface area contributed by atoms with Crippen LogP contribution < -0.4 is 4.74 Å². The van der Waals surface area contributed by atoms with Crippen molar-refractivity contribution in [2.75, 3.05) is 0 Å². The van der Waals surface area contributed by atoms with Crippen molar-refractivity contribution in [2.45, 2.75) is 20.5 Å². The number of aromatic carboxylic acids is 1. The predicted octanol–water partition coefficient (Wildman–Crippen LogP) is 6.83. The first-order valence-electron chi connectivity index (χ1n) is 10.0. The lowest BCUT2D eigenvalue weighted by atomic mass is 10.1. The third kappa shape index (κ3) is 4.39. The van der Waals surface area contributed by atoms with E-state index in [0.717, 1.165) is 28.2 Å². The molecule has 6 heteroatoms. The van der Waals surface area contributed by atoms with Gasteiger partial charge in [0.25, 0.3) is 0 Å². The summed E-state index contributed by atoms with van der Waals surface area (Å²) in [4.78, 5) is 11.6. The van der Waals surface area contributed by atoms with Crippen molar-refractivity contribution in [3.8, 4) is 22.7 Å². The van der Waals surface area contributed by atoms with Crippen LogP contribution in [0.4, 0.5) is 4.39 Å². The molecule has 0 aliphatic rings. The van der Waals surface area contributed by atoms with Gasteiger partial charge >= 0.3 is 5.97 Å². The number of ether oxygens (including phenoxy) is 1. The minimum atomic E-state index is -0.967. The summed E-state index contributed by atoms with van der Waals surface area (Å²) in [6, 6.07) is 20.8. The van der Waals surface area contributed by atoms with Crippen LogP contribution in [0.3, 0.4) is 0 Å². The van der Waals surface area contributed by atoms with Gasteiger partial charge in [-0.25, -0.2) is 9.18 Å². The van der Waals surface area contributed by atoms with Gasteiger partial charge in [0.15, 0.2) is 0 Å². The Morgan fingerprint density at radius 1 is 1.00 bits per heavy atom. The number of halogens is 2. The van der Waals surface area contributed by atoms with E-state index >= 15 is 0 Å². The largest absolute Gasteiger partial charge is 0.488 e. The highest BCUT2D eigenvalue weighted by Gasteiger charge is 2.17. The standard InChI is InChI=1S/C26H21ClFNO3/c1-16-3-10-21(14-23(16)26(30)31)29-17(2)4-12-24(29)22-11-7-19(27)13-25(22)32-15-18-5-8-20(28)9-6-18/h3-14H,15H2,1-2H3,(H,30,31). The second kappa shape index (κ2) is 8.89. The highest BCUT2D eigenvalue weighted by Crippen LogP contribution is 2.36. The molecule has 0 saturated heterocycles. The topological polar surface area (TPSA) is 51.5 Å². The Hall–Kier alpha value is -3.57. The fraction of sp³-hybridized carbons (Fsp3) is 0.115. The summed E-state index contributed by atoms with van der Waals surface area (Å²) in [7, 11) is 0. The van der Waals surface area contributed by atoms with Crippen molar-refractivity contribution in [1.29, 1.82) is 0 Å². The maximum absolute atomic E-state index is 13.2. The van der Waals surface area contributed by atoms with Gasteiger partial charge in [0.05, 0.1) is 11.3 Å². The summed E-state index contributed by atoms with van der Waals surface area (Å²) in [5.74, 6) is -0.693. The average molecular weight is 450 g/mol. The molecule has 0 aliphatic carbocycles. The van der Waals surface area contributed by atoms with E-state index in [0.29, 0.717) is 16.3 Å². The van der Waals surface area contributed by atoms with Crippen LogP contribution in [0.5, 0.6) is 5.75 Å². The molecule has 0 bridgehead atoms. The van der Waals surface area contributed by atoms with Gasteiger partial charge in [0.1, 0.15) is 18.2 Å². The number of carboxylic acid groups (broad SMARTS) is 1. The Morgan fingerprint density at radius 2 is 1.75 bits per heavy atom. The van der Waals surface area contributed by atoms with Gasteiger partial charge < -0.3 is 14.4 Å². The van der Waals surface area contributed by atoms with E-state index in [-0.39, 0.29) is 18.0 Å². The van der Waals surface area contributed by atoms with E-state index in [4.69, 9.17) is 16.3 Å². The molecule has 0 saturated carbocycles. The molecule has 162 valence electrons. The molecule has 0 unspecified atom stereocenters. The molecular weight excluding hydrogens is 429 g/mol. The van der Waals surface area contributed by atoms with E-state index in [2.05, 4.69) is 0 Å². The zero-order valence-electron chi connectivity index (χ0n) is 17.6. The van der Waals surface area contributed by atoms with Crippen LogP contribution in [-0.4, -0.2) is 15.6 Å². The number of benzene rings is 3. The Balaban J connectivity index is 1.76. The minimum absolute atomic E-state index is 0.251. The smallest absolute Gasteiger partial charge is 0.336 e. The number of nitrogens with zero attached hydrogens (tertiary/aromatic N) is 1. The molecule has 0 aliphatic heterocycles. The third-order valence-electron chi connectivity index (χ3n) is 5.31. The summed E-state index contributed by atoms with van der Waals surface area (Å²) in [6.45, 7) is 3.98. The SMILES string of the molecule is Cc1ccc(-n2c(C)ccc2-c2ccc(Cl)cc2OCc2ccc(F)cc2)cc1C(=O)O.